The summed E-state index contributed by atoms with van der Waals surface area (Å²) in [5, 5.41) is 13.7. The summed E-state index contributed by atoms with van der Waals surface area (Å²) in [6, 6.07) is 77.6. The second kappa shape index (κ2) is 14.3. The highest BCUT2D eigenvalue weighted by molar-refractivity contribution is 6.19. The minimum atomic E-state index is 0.559. The Bertz CT molecular complexity index is 4280. The van der Waals surface area contributed by atoms with Crippen LogP contribution in [0.5, 0.6) is 0 Å². The zero-order chi connectivity index (χ0) is 43.3. The van der Waals surface area contributed by atoms with Crippen LogP contribution in [-0.4, -0.2) is 19.5 Å². The van der Waals surface area contributed by atoms with Crippen LogP contribution >= 0.6 is 0 Å². The van der Waals surface area contributed by atoms with Crippen LogP contribution in [0.1, 0.15) is 0 Å². The van der Waals surface area contributed by atoms with E-state index in [1.165, 1.54) is 37.7 Å². The van der Waals surface area contributed by atoms with Crippen LogP contribution in [0.2, 0.25) is 0 Å². The molecule has 3 heterocycles. The Labute approximate surface area is 378 Å². The Kier molecular flexibility index (Phi) is 7.91. The summed E-state index contributed by atoms with van der Waals surface area (Å²) >= 11 is 0. The van der Waals surface area contributed by atoms with Crippen LogP contribution in [0.25, 0.3) is 138 Å². The van der Waals surface area contributed by atoms with Crippen molar-refractivity contribution < 1.29 is 4.42 Å². The van der Waals surface area contributed by atoms with Gasteiger partial charge in [-0.05, 0) is 103 Å². The number of aromatic nitrogens is 4. The molecule has 3 aromatic heterocycles. The number of benzene rings is 11. The Hall–Kier alpha value is -8.93. The number of hydrogen-bond acceptors (Lipinski definition) is 4. The molecular formula is C61H36N4O. The molecule has 0 spiro atoms. The molecule has 5 nitrogen and oxygen atoms in total. The summed E-state index contributed by atoms with van der Waals surface area (Å²) in [5.74, 6) is 1.73. The summed E-state index contributed by atoms with van der Waals surface area (Å²) in [6.45, 7) is 0. The van der Waals surface area contributed by atoms with Gasteiger partial charge in [-0.1, -0.05) is 170 Å². The van der Waals surface area contributed by atoms with E-state index in [0.29, 0.717) is 17.5 Å². The summed E-state index contributed by atoms with van der Waals surface area (Å²) in [6.07, 6.45) is 0. The van der Waals surface area contributed by atoms with Gasteiger partial charge in [-0.25, -0.2) is 15.0 Å². The standard InChI is InChI=1S/C61H36N4O/c1-2-12-37(13-3-1)38-22-25-40(26-23-38)59-62-60(46-28-29-48-45(32-46)27-24-39-14-8-9-19-47(39)48)64-61(63-59)58-53(30-31-55-57(58)51-34-42-16-5-7-18-44(42)36-56(51)66-55)65-52-21-11-10-20-49(52)50-33-41-15-4-6-17-43(41)35-54(50)65/h1-36H. The van der Waals surface area contributed by atoms with Crippen molar-refractivity contribution in [2.45, 2.75) is 0 Å². The van der Waals surface area contributed by atoms with E-state index in [4.69, 9.17) is 19.4 Å². The first-order valence-electron chi connectivity index (χ1n) is 22.3. The van der Waals surface area contributed by atoms with Crippen LogP contribution < -0.4 is 0 Å². The highest BCUT2D eigenvalue weighted by Crippen LogP contribution is 2.45. The first kappa shape index (κ1) is 36.5. The van der Waals surface area contributed by atoms with Crippen LogP contribution in [0, 0.1) is 0 Å². The van der Waals surface area contributed by atoms with E-state index in [1.807, 2.05) is 6.07 Å². The lowest BCUT2D eigenvalue weighted by Crippen LogP contribution is -2.04. The number of para-hydroxylation sites is 1. The van der Waals surface area contributed by atoms with Crippen molar-refractivity contribution in [1.82, 2.24) is 19.5 Å². The summed E-state index contributed by atoms with van der Waals surface area (Å²) < 4.78 is 9.21. The van der Waals surface area contributed by atoms with Gasteiger partial charge in [0.2, 0.25) is 0 Å². The average Bonchev–Trinajstić information content (AvgIpc) is 3.91. The number of fused-ring (bicyclic) bond motifs is 11. The second-order valence-electron chi connectivity index (χ2n) is 17.2. The fraction of sp³-hybridized carbons (Fsp3) is 0. The lowest BCUT2D eigenvalue weighted by Gasteiger charge is -2.16. The fourth-order valence-electron chi connectivity index (χ4n) is 10.2. The summed E-state index contributed by atoms with van der Waals surface area (Å²) in [5.41, 5.74) is 9.66. The molecule has 0 radical (unpaired) electrons. The molecule has 306 valence electrons. The first-order valence-corrected chi connectivity index (χ1v) is 22.3. The van der Waals surface area contributed by atoms with Gasteiger partial charge < -0.3 is 8.98 Å². The number of hydrogen-bond donors (Lipinski definition) is 0. The average molecular weight is 841 g/mol. The Morgan fingerprint density at radius 1 is 0.303 bits per heavy atom. The summed E-state index contributed by atoms with van der Waals surface area (Å²) in [7, 11) is 0. The van der Waals surface area contributed by atoms with Gasteiger partial charge in [0.1, 0.15) is 11.2 Å². The van der Waals surface area contributed by atoms with Gasteiger partial charge in [-0.2, -0.15) is 0 Å². The van der Waals surface area contributed by atoms with E-state index >= 15 is 0 Å². The lowest BCUT2D eigenvalue weighted by atomic mass is 9.99. The molecule has 66 heavy (non-hydrogen) atoms. The third kappa shape index (κ3) is 5.70. The van der Waals surface area contributed by atoms with Crippen molar-refractivity contribution in [3.05, 3.63) is 218 Å². The minimum absolute atomic E-state index is 0.559. The maximum absolute atomic E-state index is 6.82. The Morgan fingerprint density at radius 3 is 1.65 bits per heavy atom. The fourth-order valence-corrected chi connectivity index (χ4v) is 10.2. The van der Waals surface area contributed by atoms with Crippen molar-refractivity contribution in [3.63, 3.8) is 0 Å². The van der Waals surface area contributed by atoms with E-state index in [-0.39, 0.29) is 0 Å². The predicted molar refractivity (Wildman–Crippen MR) is 273 cm³/mol. The molecule has 0 fully saturated rings. The zero-order valence-corrected chi connectivity index (χ0v) is 35.5. The van der Waals surface area contributed by atoms with Crippen LogP contribution in [-0.2, 0) is 0 Å². The Balaban J connectivity index is 1.09. The molecule has 0 amide bonds. The van der Waals surface area contributed by atoms with Crippen LogP contribution in [0.15, 0.2) is 223 Å². The molecular weight excluding hydrogens is 805 g/mol. The van der Waals surface area contributed by atoms with Crippen LogP contribution in [0.4, 0.5) is 0 Å². The SMILES string of the molecule is c1ccc(-c2ccc(-c3nc(-c4ccc5c(ccc6ccccc65)c4)nc(-c4c(-n5c6ccccc6c6cc7ccccc7cc65)ccc5oc6cc7ccccc7cc6c45)n3)cc2)cc1. The molecule has 0 N–H and O–H groups in total. The zero-order valence-electron chi connectivity index (χ0n) is 35.5. The van der Waals surface area contributed by atoms with Crippen molar-refractivity contribution in [2.24, 2.45) is 0 Å². The van der Waals surface area contributed by atoms with E-state index in [2.05, 4.69) is 217 Å². The van der Waals surface area contributed by atoms with E-state index in [9.17, 15) is 0 Å². The van der Waals surface area contributed by atoms with Gasteiger partial charge in [0.15, 0.2) is 17.5 Å². The molecule has 0 saturated heterocycles. The third-order valence-electron chi connectivity index (χ3n) is 13.4. The van der Waals surface area contributed by atoms with Crippen LogP contribution in [0.3, 0.4) is 0 Å². The third-order valence-corrected chi connectivity index (χ3v) is 13.4. The van der Waals surface area contributed by atoms with Crippen molar-refractivity contribution in [2.75, 3.05) is 0 Å². The normalized spacial score (nSPS) is 11.9. The van der Waals surface area contributed by atoms with Gasteiger partial charge in [0, 0.05) is 32.7 Å². The highest BCUT2D eigenvalue weighted by atomic mass is 16.3. The van der Waals surface area contributed by atoms with E-state index in [0.717, 1.165) is 82.6 Å². The highest BCUT2D eigenvalue weighted by Gasteiger charge is 2.25. The topological polar surface area (TPSA) is 56.7 Å². The van der Waals surface area contributed by atoms with Gasteiger partial charge in [-0.3, -0.25) is 0 Å². The molecule has 0 saturated carbocycles. The minimum Gasteiger partial charge on any atom is -0.456 e. The van der Waals surface area contributed by atoms with Gasteiger partial charge in [0.25, 0.3) is 0 Å². The van der Waals surface area contributed by atoms with Crippen molar-refractivity contribution in [3.8, 4) is 51.0 Å². The quantitative estimate of drug-likeness (QED) is 0.162. The molecule has 14 aromatic rings. The van der Waals surface area contributed by atoms with Gasteiger partial charge in [0.05, 0.1) is 22.3 Å². The lowest BCUT2D eigenvalue weighted by molar-refractivity contribution is 0.669. The summed E-state index contributed by atoms with van der Waals surface area (Å²) in [4.78, 5) is 16.4. The molecule has 0 aliphatic carbocycles. The maximum atomic E-state index is 6.82. The number of rotatable bonds is 5. The Morgan fingerprint density at radius 2 is 0.864 bits per heavy atom. The van der Waals surface area contributed by atoms with E-state index < -0.39 is 0 Å². The van der Waals surface area contributed by atoms with Gasteiger partial charge in [-0.15, -0.1) is 0 Å². The molecule has 14 rings (SSSR count). The molecule has 11 aromatic carbocycles. The molecule has 0 aliphatic heterocycles. The smallest absolute Gasteiger partial charge is 0.166 e. The van der Waals surface area contributed by atoms with Gasteiger partial charge >= 0.3 is 0 Å². The second-order valence-corrected chi connectivity index (χ2v) is 17.2. The molecule has 0 atom stereocenters. The molecule has 5 heteroatoms. The molecule has 0 aliphatic rings. The number of nitrogens with zero attached hydrogens (tertiary/aromatic N) is 4. The number of furan rings is 1. The van der Waals surface area contributed by atoms with Crippen molar-refractivity contribution >= 4 is 86.8 Å². The largest absolute Gasteiger partial charge is 0.456 e. The maximum Gasteiger partial charge on any atom is 0.166 e. The molecule has 0 bridgehead atoms. The van der Waals surface area contributed by atoms with E-state index in [1.54, 1.807) is 0 Å². The van der Waals surface area contributed by atoms with Crippen molar-refractivity contribution in [1.29, 1.82) is 0 Å². The first-order chi connectivity index (χ1) is 32.7. The predicted octanol–water partition coefficient (Wildman–Crippen LogP) is 16.1. The monoisotopic (exact) mass is 840 g/mol. The molecule has 0 unspecified atom stereocenters.